The molecule has 2 heterocycles. The fourth-order valence-electron chi connectivity index (χ4n) is 2.24. The van der Waals surface area contributed by atoms with Gasteiger partial charge in [-0.2, -0.15) is 0 Å². The normalized spacial score (nSPS) is 19.8. The van der Waals surface area contributed by atoms with E-state index in [9.17, 15) is 0 Å². The summed E-state index contributed by atoms with van der Waals surface area (Å²) in [5, 5.41) is 3.35. The molecule has 1 N–H and O–H groups in total. The van der Waals surface area contributed by atoms with Gasteiger partial charge in [-0.15, -0.1) is 0 Å². The maximum atomic E-state index is 5.82. The van der Waals surface area contributed by atoms with Crippen LogP contribution in [-0.4, -0.2) is 37.7 Å². The molecule has 1 saturated heterocycles. The molecule has 0 saturated carbocycles. The Bertz CT molecular complexity index is 345. The van der Waals surface area contributed by atoms with Gasteiger partial charge < -0.3 is 14.5 Å². The lowest BCUT2D eigenvalue weighted by Gasteiger charge is -2.21. The van der Waals surface area contributed by atoms with Gasteiger partial charge in [0, 0.05) is 12.6 Å². The lowest BCUT2D eigenvalue weighted by molar-refractivity contribution is 0.151. The van der Waals surface area contributed by atoms with Gasteiger partial charge in [-0.3, -0.25) is 4.90 Å². The van der Waals surface area contributed by atoms with Crippen molar-refractivity contribution < 1.29 is 9.15 Å². The van der Waals surface area contributed by atoms with Crippen molar-refractivity contribution in [3.8, 4) is 0 Å². The number of furan rings is 1. The van der Waals surface area contributed by atoms with Crippen molar-refractivity contribution in [2.45, 2.75) is 38.9 Å². The maximum Gasteiger partial charge on any atom is 0.118 e. The zero-order chi connectivity index (χ0) is 12.8. The Balaban J connectivity index is 1.78. The summed E-state index contributed by atoms with van der Waals surface area (Å²) in [6, 6.07) is 4.68. The maximum absolute atomic E-state index is 5.82. The largest absolute Gasteiger partial charge is 0.463 e. The van der Waals surface area contributed by atoms with E-state index in [1.54, 1.807) is 0 Å². The Kier molecular flexibility index (Phi) is 5.23. The quantitative estimate of drug-likeness (QED) is 0.753. The molecule has 1 unspecified atom stereocenters. The molecule has 1 atom stereocenters. The van der Waals surface area contributed by atoms with Crippen molar-refractivity contribution in [1.29, 1.82) is 0 Å². The topological polar surface area (TPSA) is 37.6 Å². The Morgan fingerprint density at radius 2 is 2.22 bits per heavy atom. The van der Waals surface area contributed by atoms with Crippen LogP contribution in [0.2, 0.25) is 0 Å². The molecule has 0 amide bonds. The summed E-state index contributed by atoms with van der Waals surface area (Å²) in [5.41, 5.74) is 0. The van der Waals surface area contributed by atoms with Gasteiger partial charge in [0.05, 0.1) is 19.7 Å². The van der Waals surface area contributed by atoms with Crippen molar-refractivity contribution >= 4 is 0 Å². The van der Waals surface area contributed by atoms with Crippen LogP contribution in [-0.2, 0) is 17.8 Å². The zero-order valence-electron chi connectivity index (χ0n) is 11.4. The minimum absolute atomic E-state index is 0.539. The van der Waals surface area contributed by atoms with Crippen LogP contribution in [0.25, 0.3) is 0 Å². The molecule has 4 nitrogen and oxygen atoms in total. The highest BCUT2D eigenvalue weighted by Crippen LogP contribution is 2.15. The molecule has 1 fully saturated rings. The summed E-state index contributed by atoms with van der Waals surface area (Å²) in [6.45, 7) is 6.63. The standard InChI is InChI=1S/C14H24N2O2/c1-3-7-15-9-13-4-5-14(18-13)10-16(2)12-6-8-17-11-12/h4-5,12,15H,3,6-11H2,1-2H3. The first-order valence-corrected chi connectivity index (χ1v) is 6.86. The second kappa shape index (κ2) is 6.92. The van der Waals surface area contributed by atoms with Crippen molar-refractivity contribution in [2.75, 3.05) is 26.8 Å². The molecule has 4 heteroatoms. The highest BCUT2D eigenvalue weighted by Gasteiger charge is 2.20. The van der Waals surface area contributed by atoms with Crippen LogP contribution in [0.4, 0.5) is 0 Å². The molecule has 18 heavy (non-hydrogen) atoms. The highest BCUT2D eigenvalue weighted by atomic mass is 16.5. The SMILES string of the molecule is CCCNCc1ccc(CN(C)C2CCOC2)o1. The summed E-state index contributed by atoms with van der Waals surface area (Å²) < 4.78 is 11.2. The van der Waals surface area contributed by atoms with Gasteiger partial charge in [0.1, 0.15) is 11.5 Å². The third-order valence-electron chi connectivity index (χ3n) is 3.38. The van der Waals surface area contributed by atoms with Crippen molar-refractivity contribution in [2.24, 2.45) is 0 Å². The average Bonchev–Trinajstić information content (AvgIpc) is 3.00. The van der Waals surface area contributed by atoms with Crippen LogP contribution in [0.5, 0.6) is 0 Å². The van der Waals surface area contributed by atoms with E-state index in [4.69, 9.17) is 9.15 Å². The first kappa shape index (κ1) is 13.6. The van der Waals surface area contributed by atoms with Crippen LogP contribution in [0, 0.1) is 0 Å². The molecule has 1 aliphatic heterocycles. The lowest BCUT2D eigenvalue weighted by atomic mass is 10.2. The summed E-state index contributed by atoms with van der Waals surface area (Å²) in [5.74, 6) is 2.06. The molecule has 0 aromatic carbocycles. The second-order valence-electron chi connectivity index (χ2n) is 4.98. The number of hydrogen-bond donors (Lipinski definition) is 1. The van der Waals surface area contributed by atoms with E-state index in [0.717, 1.165) is 57.2 Å². The number of likely N-dealkylation sites (N-methyl/N-ethyl adjacent to an activating group) is 1. The Hall–Kier alpha value is -0.840. The van der Waals surface area contributed by atoms with E-state index in [2.05, 4.69) is 36.3 Å². The van der Waals surface area contributed by atoms with Crippen LogP contribution >= 0.6 is 0 Å². The predicted molar refractivity (Wildman–Crippen MR) is 71.4 cm³/mol. The zero-order valence-corrected chi connectivity index (χ0v) is 11.4. The van der Waals surface area contributed by atoms with Gasteiger partial charge in [0.25, 0.3) is 0 Å². The Morgan fingerprint density at radius 1 is 1.39 bits per heavy atom. The van der Waals surface area contributed by atoms with E-state index in [-0.39, 0.29) is 0 Å². The van der Waals surface area contributed by atoms with Gasteiger partial charge in [0.2, 0.25) is 0 Å². The fraction of sp³-hybridized carbons (Fsp3) is 0.714. The van der Waals surface area contributed by atoms with Crippen LogP contribution < -0.4 is 5.32 Å². The second-order valence-corrected chi connectivity index (χ2v) is 4.98. The summed E-state index contributed by atoms with van der Waals surface area (Å²) in [4.78, 5) is 2.31. The van der Waals surface area contributed by atoms with E-state index in [0.29, 0.717) is 6.04 Å². The Labute approximate surface area is 109 Å². The molecular weight excluding hydrogens is 228 g/mol. The summed E-state index contributed by atoms with van der Waals surface area (Å²) >= 11 is 0. The molecule has 2 rings (SSSR count). The van der Waals surface area contributed by atoms with Crippen molar-refractivity contribution in [3.63, 3.8) is 0 Å². The van der Waals surface area contributed by atoms with Gasteiger partial charge in [-0.1, -0.05) is 6.92 Å². The fourth-order valence-corrected chi connectivity index (χ4v) is 2.24. The molecule has 1 aromatic heterocycles. The van der Waals surface area contributed by atoms with Crippen LogP contribution in [0.1, 0.15) is 31.3 Å². The number of nitrogens with zero attached hydrogens (tertiary/aromatic N) is 1. The molecule has 102 valence electrons. The third-order valence-corrected chi connectivity index (χ3v) is 3.38. The number of nitrogens with one attached hydrogen (secondary N) is 1. The van der Waals surface area contributed by atoms with E-state index in [1.165, 1.54) is 0 Å². The van der Waals surface area contributed by atoms with Gasteiger partial charge in [-0.05, 0) is 38.6 Å². The average molecular weight is 252 g/mol. The van der Waals surface area contributed by atoms with Gasteiger partial charge in [0.15, 0.2) is 0 Å². The van der Waals surface area contributed by atoms with Crippen molar-refractivity contribution in [1.82, 2.24) is 10.2 Å². The van der Waals surface area contributed by atoms with Crippen molar-refractivity contribution in [3.05, 3.63) is 23.7 Å². The molecule has 0 aliphatic carbocycles. The minimum atomic E-state index is 0.539. The van der Waals surface area contributed by atoms with E-state index in [1.807, 2.05) is 0 Å². The lowest BCUT2D eigenvalue weighted by Crippen LogP contribution is -2.31. The Morgan fingerprint density at radius 3 is 2.94 bits per heavy atom. The first-order chi connectivity index (χ1) is 8.79. The predicted octanol–water partition coefficient (Wildman–Crippen LogP) is 2.00. The number of ether oxygens (including phenoxy) is 1. The van der Waals surface area contributed by atoms with E-state index >= 15 is 0 Å². The number of rotatable bonds is 7. The minimum Gasteiger partial charge on any atom is -0.463 e. The number of hydrogen-bond acceptors (Lipinski definition) is 4. The molecule has 0 radical (unpaired) electrons. The van der Waals surface area contributed by atoms with Crippen LogP contribution in [0.3, 0.4) is 0 Å². The van der Waals surface area contributed by atoms with E-state index < -0.39 is 0 Å². The summed E-state index contributed by atoms with van der Waals surface area (Å²) in [6.07, 6.45) is 2.28. The molecule has 0 bridgehead atoms. The molecule has 1 aromatic rings. The smallest absolute Gasteiger partial charge is 0.118 e. The summed E-state index contributed by atoms with van der Waals surface area (Å²) in [7, 11) is 2.14. The highest BCUT2D eigenvalue weighted by molar-refractivity contribution is 5.07. The van der Waals surface area contributed by atoms with Gasteiger partial charge >= 0.3 is 0 Å². The first-order valence-electron chi connectivity index (χ1n) is 6.86. The van der Waals surface area contributed by atoms with Gasteiger partial charge in [-0.25, -0.2) is 0 Å². The molecule has 1 aliphatic rings. The third kappa shape index (κ3) is 3.83. The monoisotopic (exact) mass is 252 g/mol. The molecular formula is C14H24N2O2. The molecule has 0 spiro atoms. The van der Waals surface area contributed by atoms with Crippen LogP contribution in [0.15, 0.2) is 16.5 Å².